The number of nitrogens with zero attached hydrogens (tertiary/aromatic N) is 1. The molecule has 1 aliphatic carbocycles. The third-order valence-electron chi connectivity index (χ3n) is 5.62. The summed E-state index contributed by atoms with van der Waals surface area (Å²) in [5, 5.41) is 20.2. The Hall–Kier alpha value is -1.79. The number of methoxy groups -OCH3 is 1. The molecule has 26 heavy (non-hydrogen) atoms. The number of ether oxygens (including phenoxy) is 2. The first-order valence-corrected chi connectivity index (χ1v) is 9.36. The van der Waals surface area contributed by atoms with Gasteiger partial charge in [0.1, 0.15) is 12.0 Å². The van der Waals surface area contributed by atoms with Crippen molar-refractivity contribution in [1.29, 1.82) is 0 Å². The van der Waals surface area contributed by atoms with Gasteiger partial charge < -0.3 is 19.7 Å². The van der Waals surface area contributed by atoms with Crippen LogP contribution in [-0.2, 0) is 4.79 Å². The zero-order valence-corrected chi connectivity index (χ0v) is 15.6. The number of piperidine rings is 1. The minimum absolute atomic E-state index is 0.383. The summed E-state index contributed by atoms with van der Waals surface area (Å²) in [6.45, 7) is 4.15. The molecule has 0 spiro atoms. The van der Waals surface area contributed by atoms with Crippen molar-refractivity contribution in [3.8, 4) is 11.5 Å². The second-order valence-electron chi connectivity index (χ2n) is 7.69. The molecule has 2 atom stereocenters. The zero-order valence-electron chi connectivity index (χ0n) is 15.6. The molecule has 6 nitrogen and oxygen atoms in total. The van der Waals surface area contributed by atoms with Gasteiger partial charge in [0.05, 0.1) is 13.2 Å². The molecule has 0 aromatic heterocycles. The van der Waals surface area contributed by atoms with E-state index in [-0.39, 0.29) is 0 Å². The number of hydrogen-bond acceptors (Lipinski definition) is 5. The van der Waals surface area contributed by atoms with E-state index in [9.17, 15) is 15.0 Å². The molecule has 2 aliphatic rings. The summed E-state index contributed by atoms with van der Waals surface area (Å²) >= 11 is 0. The van der Waals surface area contributed by atoms with Gasteiger partial charge in [0.15, 0.2) is 11.5 Å². The molecular formula is C20H29NO5. The maximum atomic E-state index is 12.0. The number of aliphatic hydroxyl groups is 1. The van der Waals surface area contributed by atoms with E-state index >= 15 is 0 Å². The number of aryl methyl sites for hydroxylation is 1. The molecule has 1 saturated carbocycles. The summed E-state index contributed by atoms with van der Waals surface area (Å²) in [5.41, 5.74) is 0.0616. The Morgan fingerprint density at radius 3 is 2.73 bits per heavy atom. The van der Waals surface area contributed by atoms with Gasteiger partial charge in [0.2, 0.25) is 0 Å². The second-order valence-corrected chi connectivity index (χ2v) is 7.69. The summed E-state index contributed by atoms with van der Waals surface area (Å²) in [4.78, 5) is 14.1. The molecule has 1 saturated heterocycles. The smallest absolute Gasteiger partial charge is 0.313 e. The average Bonchev–Trinajstić information content (AvgIpc) is 3.42. The average molecular weight is 363 g/mol. The third-order valence-corrected chi connectivity index (χ3v) is 5.62. The van der Waals surface area contributed by atoms with E-state index < -0.39 is 17.5 Å². The molecule has 6 heteroatoms. The lowest BCUT2D eigenvalue weighted by molar-refractivity contribution is -0.165. The van der Waals surface area contributed by atoms with Crippen LogP contribution in [0.15, 0.2) is 18.2 Å². The second kappa shape index (κ2) is 7.84. The Bertz CT molecular complexity index is 645. The first-order valence-electron chi connectivity index (χ1n) is 9.36. The molecule has 1 aromatic rings. The van der Waals surface area contributed by atoms with Gasteiger partial charge in [-0.05, 0) is 43.4 Å². The van der Waals surface area contributed by atoms with Crippen molar-refractivity contribution in [3.05, 3.63) is 23.8 Å². The Balaban J connectivity index is 1.59. The molecular weight excluding hydrogens is 334 g/mol. The van der Waals surface area contributed by atoms with Crippen LogP contribution in [0.3, 0.4) is 0 Å². The molecule has 2 N–H and O–H groups in total. The van der Waals surface area contributed by atoms with Crippen LogP contribution < -0.4 is 9.47 Å². The normalized spacial score (nSPS) is 26.5. The van der Waals surface area contributed by atoms with Gasteiger partial charge in [-0.2, -0.15) is 0 Å². The predicted octanol–water partition coefficient (Wildman–Crippen LogP) is 2.32. The lowest BCUT2D eigenvalue weighted by atomic mass is 9.73. The first-order chi connectivity index (χ1) is 12.4. The summed E-state index contributed by atoms with van der Waals surface area (Å²) < 4.78 is 11.2. The van der Waals surface area contributed by atoms with Crippen LogP contribution in [0, 0.1) is 18.3 Å². The Morgan fingerprint density at radius 2 is 2.08 bits per heavy atom. The summed E-state index contributed by atoms with van der Waals surface area (Å²) in [5.74, 6) is 0.974. The highest BCUT2D eigenvalue weighted by Gasteiger charge is 2.51. The molecule has 1 heterocycles. The number of aliphatic carboxylic acids is 1. The number of rotatable bonds is 8. The van der Waals surface area contributed by atoms with Gasteiger partial charge in [-0.15, -0.1) is 0 Å². The van der Waals surface area contributed by atoms with Gasteiger partial charge in [0.25, 0.3) is 0 Å². The third kappa shape index (κ3) is 4.13. The molecule has 0 unspecified atom stereocenters. The number of carboxylic acid groups (broad SMARTS) is 1. The number of aliphatic hydroxyl groups excluding tert-OH is 1. The minimum atomic E-state index is -1.04. The van der Waals surface area contributed by atoms with E-state index in [1.165, 1.54) is 0 Å². The standard InChI is InChI=1S/C20H29NO5/c1-14-3-6-16(17(11-14)25-2)26-10-9-21-8-7-18(22)20(13-21,19(23)24)12-15-4-5-15/h3,6,11,15,18,22H,4-5,7-10,12-13H2,1-2H3,(H,23,24)/t18-,20-/m0/s1. The van der Waals surface area contributed by atoms with Crippen molar-refractivity contribution >= 4 is 5.97 Å². The molecule has 3 rings (SSSR count). The van der Waals surface area contributed by atoms with Gasteiger partial charge >= 0.3 is 5.97 Å². The van der Waals surface area contributed by atoms with Crippen molar-refractivity contribution in [2.24, 2.45) is 11.3 Å². The van der Waals surface area contributed by atoms with Gasteiger partial charge in [-0.1, -0.05) is 18.9 Å². The van der Waals surface area contributed by atoms with Crippen molar-refractivity contribution < 1.29 is 24.5 Å². The minimum Gasteiger partial charge on any atom is -0.493 e. The van der Waals surface area contributed by atoms with Crippen molar-refractivity contribution in [1.82, 2.24) is 4.90 Å². The van der Waals surface area contributed by atoms with Crippen LogP contribution >= 0.6 is 0 Å². The monoisotopic (exact) mass is 363 g/mol. The number of carbonyl (C=O) groups is 1. The first kappa shape index (κ1) is 19.0. The van der Waals surface area contributed by atoms with E-state index in [2.05, 4.69) is 4.90 Å². The highest BCUT2D eigenvalue weighted by Crippen LogP contribution is 2.45. The quantitative estimate of drug-likeness (QED) is 0.738. The maximum Gasteiger partial charge on any atom is 0.313 e. The fourth-order valence-electron chi connectivity index (χ4n) is 3.87. The number of hydrogen-bond donors (Lipinski definition) is 2. The summed E-state index contributed by atoms with van der Waals surface area (Å²) in [6.07, 6.45) is 2.46. The maximum absolute atomic E-state index is 12.0. The zero-order chi connectivity index (χ0) is 18.7. The van der Waals surface area contributed by atoms with Crippen LogP contribution in [0.4, 0.5) is 0 Å². The summed E-state index contributed by atoms with van der Waals surface area (Å²) in [7, 11) is 1.62. The molecule has 0 amide bonds. The number of likely N-dealkylation sites (tertiary alicyclic amines) is 1. The molecule has 0 bridgehead atoms. The number of benzene rings is 1. The van der Waals surface area contributed by atoms with Crippen molar-refractivity contribution in [2.45, 2.75) is 38.7 Å². The Kier molecular flexibility index (Phi) is 5.73. The molecule has 1 aliphatic heterocycles. The number of carboxylic acids is 1. The fraction of sp³-hybridized carbons (Fsp3) is 0.650. The SMILES string of the molecule is COc1cc(C)ccc1OCCN1CC[C@H](O)[C@@](CC2CC2)(C(=O)O)C1. The topological polar surface area (TPSA) is 79.2 Å². The molecule has 0 radical (unpaired) electrons. The van der Waals surface area contributed by atoms with E-state index in [4.69, 9.17) is 9.47 Å². The van der Waals surface area contributed by atoms with Crippen molar-refractivity contribution in [3.63, 3.8) is 0 Å². The Morgan fingerprint density at radius 1 is 1.31 bits per heavy atom. The molecule has 144 valence electrons. The highest BCUT2D eigenvalue weighted by atomic mass is 16.5. The van der Waals surface area contributed by atoms with Gasteiger partial charge in [-0.3, -0.25) is 9.69 Å². The molecule has 1 aromatic carbocycles. The fourth-order valence-corrected chi connectivity index (χ4v) is 3.87. The van der Waals surface area contributed by atoms with E-state index in [0.29, 0.717) is 56.5 Å². The largest absolute Gasteiger partial charge is 0.493 e. The van der Waals surface area contributed by atoms with Crippen LogP contribution in [0.2, 0.25) is 0 Å². The van der Waals surface area contributed by atoms with Crippen LogP contribution in [-0.4, -0.2) is 60.5 Å². The van der Waals surface area contributed by atoms with E-state index in [0.717, 1.165) is 18.4 Å². The van der Waals surface area contributed by atoms with Crippen molar-refractivity contribution in [2.75, 3.05) is 33.4 Å². The predicted molar refractivity (Wildman–Crippen MR) is 97.7 cm³/mol. The lowest BCUT2D eigenvalue weighted by Gasteiger charge is -2.43. The lowest BCUT2D eigenvalue weighted by Crippen LogP contribution is -2.56. The van der Waals surface area contributed by atoms with Crippen LogP contribution in [0.25, 0.3) is 0 Å². The molecule has 2 fully saturated rings. The van der Waals surface area contributed by atoms with Crippen LogP contribution in [0.5, 0.6) is 11.5 Å². The highest BCUT2D eigenvalue weighted by molar-refractivity contribution is 5.76. The Labute approximate surface area is 154 Å². The summed E-state index contributed by atoms with van der Waals surface area (Å²) in [6, 6.07) is 5.79. The van der Waals surface area contributed by atoms with Gasteiger partial charge in [-0.25, -0.2) is 0 Å². The van der Waals surface area contributed by atoms with Crippen LogP contribution in [0.1, 0.15) is 31.2 Å². The van der Waals surface area contributed by atoms with E-state index in [1.54, 1.807) is 7.11 Å². The van der Waals surface area contributed by atoms with Gasteiger partial charge in [0, 0.05) is 19.6 Å². The van der Waals surface area contributed by atoms with E-state index in [1.807, 2.05) is 25.1 Å².